The van der Waals surface area contributed by atoms with Gasteiger partial charge in [0, 0.05) is 5.56 Å². The molecule has 2 aromatic rings. The standard InChI is InChI=1S/C20H23NO/c1-2-19(16-9-4-3-5-10-16)21-20(22)18-13-12-15-8-6-7-11-17(15)14-18/h3-5,9-10,12-14,19H,2,6-8,11H2,1H3,(H,21,22)/t19-/m1/s1. The van der Waals surface area contributed by atoms with Crippen LogP contribution in [-0.4, -0.2) is 5.91 Å². The zero-order chi connectivity index (χ0) is 15.4. The number of benzene rings is 2. The molecule has 2 heteroatoms. The molecule has 3 rings (SSSR count). The second-order valence-electron chi connectivity index (χ2n) is 6.04. The molecule has 114 valence electrons. The molecular formula is C20H23NO. The maximum absolute atomic E-state index is 12.6. The van der Waals surface area contributed by atoms with Gasteiger partial charge in [0.05, 0.1) is 6.04 Å². The molecular weight excluding hydrogens is 270 g/mol. The van der Waals surface area contributed by atoms with Crippen molar-refractivity contribution in [2.24, 2.45) is 0 Å². The lowest BCUT2D eigenvalue weighted by Gasteiger charge is -2.19. The third-order valence-corrected chi connectivity index (χ3v) is 4.53. The Labute approximate surface area is 132 Å². The van der Waals surface area contributed by atoms with Crippen LogP contribution in [0.15, 0.2) is 48.5 Å². The summed E-state index contributed by atoms with van der Waals surface area (Å²) in [7, 11) is 0. The lowest BCUT2D eigenvalue weighted by atomic mass is 9.90. The predicted molar refractivity (Wildman–Crippen MR) is 90.0 cm³/mol. The quantitative estimate of drug-likeness (QED) is 0.886. The van der Waals surface area contributed by atoms with Gasteiger partial charge < -0.3 is 5.32 Å². The Hall–Kier alpha value is -2.09. The summed E-state index contributed by atoms with van der Waals surface area (Å²) in [5, 5.41) is 3.17. The fourth-order valence-corrected chi connectivity index (χ4v) is 3.22. The lowest BCUT2D eigenvalue weighted by Crippen LogP contribution is -2.28. The van der Waals surface area contributed by atoms with Crippen LogP contribution in [0.5, 0.6) is 0 Å². The van der Waals surface area contributed by atoms with E-state index < -0.39 is 0 Å². The third kappa shape index (κ3) is 3.22. The Kier molecular flexibility index (Phi) is 4.57. The number of amides is 1. The average molecular weight is 293 g/mol. The summed E-state index contributed by atoms with van der Waals surface area (Å²) in [4.78, 5) is 12.6. The van der Waals surface area contributed by atoms with Gasteiger partial charge in [-0.15, -0.1) is 0 Å². The summed E-state index contributed by atoms with van der Waals surface area (Å²) in [5.41, 5.74) is 4.72. The van der Waals surface area contributed by atoms with Gasteiger partial charge in [-0.3, -0.25) is 4.79 Å². The smallest absolute Gasteiger partial charge is 0.251 e. The second kappa shape index (κ2) is 6.78. The van der Waals surface area contributed by atoms with Crippen LogP contribution in [0, 0.1) is 0 Å². The molecule has 0 saturated carbocycles. The van der Waals surface area contributed by atoms with Gasteiger partial charge in [-0.1, -0.05) is 43.3 Å². The van der Waals surface area contributed by atoms with Gasteiger partial charge in [-0.25, -0.2) is 0 Å². The number of nitrogens with one attached hydrogen (secondary N) is 1. The minimum absolute atomic E-state index is 0.0316. The maximum atomic E-state index is 12.6. The highest BCUT2D eigenvalue weighted by atomic mass is 16.1. The van der Waals surface area contributed by atoms with E-state index in [9.17, 15) is 4.79 Å². The molecule has 2 aromatic carbocycles. The first-order chi connectivity index (χ1) is 10.8. The van der Waals surface area contributed by atoms with Crippen molar-refractivity contribution < 1.29 is 4.79 Å². The second-order valence-corrected chi connectivity index (χ2v) is 6.04. The van der Waals surface area contributed by atoms with Crippen LogP contribution in [0.25, 0.3) is 0 Å². The number of carbonyl (C=O) groups excluding carboxylic acids is 1. The summed E-state index contributed by atoms with van der Waals surface area (Å²) >= 11 is 0. The van der Waals surface area contributed by atoms with E-state index >= 15 is 0 Å². The van der Waals surface area contributed by atoms with Gasteiger partial charge in [0.25, 0.3) is 5.91 Å². The number of hydrogen-bond donors (Lipinski definition) is 1. The van der Waals surface area contributed by atoms with Crippen LogP contribution < -0.4 is 5.32 Å². The molecule has 0 spiro atoms. The highest BCUT2D eigenvalue weighted by Gasteiger charge is 2.16. The van der Waals surface area contributed by atoms with E-state index in [-0.39, 0.29) is 11.9 Å². The summed E-state index contributed by atoms with van der Waals surface area (Å²) in [6.07, 6.45) is 5.65. The molecule has 0 heterocycles. The van der Waals surface area contributed by atoms with Gasteiger partial charge in [0.1, 0.15) is 0 Å². The average Bonchev–Trinajstić information content (AvgIpc) is 2.59. The Bertz CT molecular complexity index is 648. The summed E-state index contributed by atoms with van der Waals surface area (Å²) in [6, 6.07) is 16.4. The largest absolute Gasteiger partial charge is 0.345 e. The topological polar surface area (TPSA) is 29.1 Å². The third-order valence-electron chi connectivity index (χ3n) is 4.53. The molecule has 0 radical (unpaired) electrons. The van der Waals surface area contributed by atoms with E-state index in [4.69, 9.17) is 0 Å². The molecule has 0 unspecified atom stereocenters. The van der Waals surface area contributed by atoms with Crippen LogP contribution in [-0.2, 0) is 12.8 Å². The van der Waals surface area contributed by atoms with Crippen LogP contribution in [0.3, 0.4) is 0 Å². The van der Waals surface area contributed by atoms with Gasteiger partial charge in [-0.05, 0) is 60.9 Å². The summed E-state index contributed by atoms with van der Waals surface area (Å²) < 4.78 is 0. The zero-order valence-electron chi connectivity index (χ0n) is 13.1. The first-order valence-corrected chi connectivity index (χ1v) is 8.25. The number of fused-ring (bicyclic) bond motifs is 1. The Balaban J connectivity index is 1.76. The van der Waals surface area contributed by atoms with Crippen LogP contribution in [0.4, 0.5) is 0 Å². The van der Waals surface area contributed by atoms with Crippen molar-refractivity contribution in [2.45, 2.75) is 45.1 Å². The van der Waals surface area contributed by atoms with Crippen molar-refractivity contribution in [3.63, 3.8) is 0 Å². The molecule has 0 saturated heterocycles. The van der Waals surface area contributed by atoms with E-state index in [0.29, 0.717) is 0 Å². The Morgan fingerprint density at radius 1 is 1.05 bits per heavy atom. The Morgan fingerprint density at radius 3 is 2.50 bits per heavy atom. The molecule has 0 aromatic heterocycles. The summed E-state index contributed by atoms with van der Waals surface area (Å²) in [6.45, 7) is 2.10. The predicted octanol–water partition coefficient (Wildman–Crippen LogP) is 4.45. The molecule has 0 fully saturated rings. The van der Waals surface area contributed by atoms with E-state index in [0.717, 1.165) is 30.4 Å². The van der Waals surface area contributed by atoms with Crippen LogP contribution in [0.1, 0.15) is 59.3 Å². The number of aryl methyl sites for hydroxylation is 2. The van der Waals surface area contributed by atoms with Gasteiger partial charge >= 0.3 is 0 Å². The van der Waals surface area contributed by atoms with Crippen molar-refractivity contribution in [3.8, 4) is 0 Å². The fourth-order valence-electron chi connectivity index (χ4n) is 3.22. The van der Waals surface area contributed by atoms with E-state index in [1.807, 2.05) is 24.3 Å². The van der Waals surface area contributed by atoms with Crippen LogP contribution in [0.2, 0.25) is 0 Å². The zero-order valence-corrected chi connectivity index (χ0v) is 13.1. The number of rotatable bonds is 4. The number of carbonyl (C=O) groups is 1. The monoisotopic (exact) mass is 293 g/mol. The van der Waals surface area contributed by atoms with E-state index in [2.05, 4.69) is 36.5 Å². The first-order valence-electron chi connectivity index (χ1n) is 8.25. The molecule has 22 heavy (non-hydrogen) atoms. The minimum Gasteiger partial charge on any atom is -0.345 e. The molecule has 1 aliphatic rings. The van der Waals surface area contributed by atoms with Gasteiger partial charge in [0.15, 0.2) is 0 Å². The van der Waals surface area contributed by atoms with E-state index in [1.54, 1.807) is 0 Å². The molecule has 1 N–H and O–H groups in total. The molecule has 1 amide bonds. The van der Waals surface area contributed by atoms with Gasteiger partial charge in [0.2, 0.25) is 0 Å². The SMILES string of the molecule is CC[C@@H](NC(=O)c1ccc2c(c1)CCCC2)c1ccccc1. The molecule has 1 aliphatic carbocycles. The molecule has 1 atom stereocenters. The van der Waals surface area contributed by atoms with Crippen LogP contribution >= 0.6 is 0 Å². The maximum Gasteiger partial charge on any atom is 0.251 e. The fraction of sp³-hybridized carbons (Fsp3) is 0.350. The first kappa shape index (κ1) is 14.8. The summed E-state index contributed by atoms with van der Waals surface area (Å²) in [5.74, 6) is 0.0316. The normalized spacial score (nSPS) is 15.0. The Morgan fingerprint density at radius 2 is 1.77 bits per heavy atom. The number of hydrogen-bond acceptors (Lipinski definition) is 1. The molecule has 0 bridgehead atoms. The molecule has 0 aliphatic heterocycles. The van der Waals surface area contributed by atoms with E-state index in [1.165, 1.54) is 24.0 Å². The lowest BCUT2D eigenvalue weighted by molar-refractivity contribution is 0.0935. The molecule has 2 nitrogen and oxygen atoms in total. The van der Waals surface area contributed by atoms with Crippen molar-refractivity contribution in [3.05, 3.63) is 70.8 Å². The van der Waals surface area contributed by atoms with Crippen molar-refractivity contribution >= 4 is 5.91 Å². The van der Waals surface area contributed by atoms with Crippen molar-refractivity contribution in [1.82, 2.24) is 5.32 Å². The van der Waals surface area contributed by atoms with Crippen molar-refractivity contribution in [1.29, 1.82) is 0 Å². The highest BCUT2D eigenvalue weighted by Crippen LogP contribution is 2.23. The van der Waals surface area contributed by atoms with Crippen molar-refractivity contribution in [2.75, 3.05) is 0 Å². The van der Waals surface area contributed by atoms with Gasteiger partial charge in [-0.2, -0.15) is 0 Å². The minimum atomic E-state index is 0.0316. The highest BCUT2D eigenvalue weighted by molar-refractivity contribution is 5.94.